The summed E-state index contributed by atoms with van der Waals surface area (Å²) in [4.78, 5) is 10.7. The molecule has 2 nitrogen and oxygen atoms in total. The van der Waals surface area contributed by atoms with Crippen LogP contribution in [0.4, 0.5) is 4.39 Å². The molecule has 0 fully saturated rings. The van der Waals surface area contributed by atoms with Gasteiger partial charge in [0.2, 0.25) is 5.91 Å². The second-order valence-corrected chi connectivity index (χ2v) is 4.13. The Morgan fingerprint density at radius 1 is 1.58 bits per heavy atom. The second kappa shape index (κ2) is 3.69. The van der Waals surface area contributed by atoms with Crippen molar-refractivity contribution >= 4 is 44.4 Å². The van der Waals surface area contributed by atoms with Crippen LogP contribution >= 0.6 is 38.5 Å². The fraction of sp³-hybridized carbons (Fsp3) is 0. The Kier molecular flexibility index (Phi) is 3.05. The summed E-state index contributed by atoms with van der Waals surface area (Å²) in [5.74, 6) is -1.08. The van der Waals surface area contributed by atoms with Crippen LogP contribution in [-0.4, -0.2) is 5.91 Å². The van der Waals surface area contributed by atoms with E-state index in [1.165, 1.54) is 6.07 Å². The van der Waals surface area contributed by atoms with Crippen molar-refractivity contribution in [1.82, 2.24) is 0 Å². The second-order valence-electron chi connectivity index (χ2n) is 2.11. The maximum Gasteiger partial charge on any atom is 0.249 e. The number of hydrogen-bond donors (Lipinski definition) is 1. The van der Waals surface area contributed by atoms with E-state index in [9.17, 15) is 9.18 Å². The maximum atomic E-state index is 12.9. The molecule has 0 heterocycles. The number of carbonyl (C=O) groups is 1. The predicted octanol–water partition coefficient (Wildman–Crippen LogP) is 2.29. The topological polar surface area (TPSA) is 43.1 Å². The molecule has 1 aromatic carbocycles. The van der Waals surface area contributed by atoms with Crippen molar-refractivity contribution in [3.8, 4) is 0 Å². The third kappa shape index (κ3) is 1.95. The Bertz CT molecular complexity index is 342. The van der Waals surface area contributed by atoms with Gasteiger partial charge in [0.25, 0.3) is 0 Å². The molecule has 0 aliphatic rings. The first-order chi connectivity index (χ1) is 5.52. The molecule has 0 radical (unpaired) electrons. The minimum atomic E-state index is -0.642. The third-order valence-electron chi connectivity index (χ3n) is 1.28. The number of hydrogen-bond acceptors (Lipinski definition) is 1. The number of amides is 1. The summed E-state index contributed by atoms with van der Waals surface area (Å²) < 4.78 is 13.8. The van der Waals surface area contributed by atoms with Crippen molar-refractivity contribution < 1.29 is 9.18 Å². The Balaban J connectivity index is 3.33. The zero-order valence-electron chi connectivity index (χ0n) is 5.77. The minimum absolute atomic E-state index is 0.160. The lowest BCUT2D eigenvalue weighted by Crippen LogP contribution is -2.12. The molecule has 5 heteroatoms. The summed E-state index contributed by atoms with van der Waals surface area (Å²) in [6.07, 6.45) is 0. The van der Waals surface area contributed by atoms with Crippen molar-refractivity contribution in [2.45, 2.75) is 0 Å². The van der Waals surface area contributed by atoms with Gasteiger partial charge in [0, 0.05) is 8.04 Å². The van der Waals surface area contributed by atoms with Gasteiger partial charge in [-0.2, -0.15) is 0 Å². The molecular weight excluding hydrogens is 340 g/mol. The van der Waals surface area contributed by atoms with Crippen LogP contribution in [0.3, 0.4) is 0 Å². The molecule has 1 aromatic rings. The monoisotopic (exact) mass is 343 g/mol. The fourth-order valence-electron chi connectivity index (χ4n) is 0.711. The molecule has 0 atom stereocenters. The fourth-order valence-corrected chi connectivity index (χ4v) is 2.15. The Hall–Kier alpha value is -0.170. The van der Waals surface area contributed by atoms with E-state index in [2.05, 4.69) is 15.9 Å². The number of rotatable bonds is 1. The molecule has 1 rings (SSSR count). The minimum Gasteiger partial charge on any atom is -0.366 e. The summed E-state index contributed by atoms with van der Waals surface area (Å²) in [6, 6.07) is 2.63. The molecule has 0 bridgehead atoms. The van der Waals surface area contributed by atoms with Gasteiger partial charge in [-0.3, -0.25) is 4.79 Å². The lowest BCUT2D eigenvalue weighted by Gasteiger charge is -2.01. The van der Waals surface area contributed by atoms with E-state index in [0.29, 0.717) is 8.04 Å². The van der Waals surface area contributed by atoms with Gasteiger partial charge in [-0.1, -0.05) is 0 Å². The molecule has 0 saturated carbocycles. The molecule has 0 aliphatic carbocycles. The SMILES string of the molecule is NC(=O)c1cc(F)c(I)cc1Br. The molecular formula is C7H4BrFINO. The first kappa shape index (κ1) is 9.91. The molecule has 64 valence electrons. The smallest absolute Gasteiger partial charge is 0.249 e. The van der Waals surface area contributed by atoms with E-state index in [1.54, 1.807) is 0 Å². The molecule has 1 amide bonds. The van der Waals surface area contributed by atoms with Gasteiger partial charge in [0.1, 0.15) is 5.82 Å². The van der Waals surface area contributed by atoms with Gasteiger partial charge in [-0.25, -0.2) is 4.39 Å². The number of carbonyl (C=O) groups excluding carboxylic acids is 1. The Morgan fingerprint density at radius 2 is 2.17 bits per heavy atom. The third-order valence-corrected chi connectivity index (χ3v) is 2.76. The van der Waals surface area contributed by atoms with E-state index >= 15 is 0 Å². The Morgan fingerprint density at radius 3 is 2.67 bits per heavy atom. The van der Waals surface area contributed by atoms with E-state index < -0.39 is 11.7 Å². The molecule has 0 saturated heterocycles. The van der Waals surface area contributed by atoms with Crippen molar-refractivity contribution in [2.24, 2.45) is 5.73 Å². The van der Waals surface area contributed by atoms with E-state index in [0.717, 1.165) is 6.07 Å². The van der Waals surface area contributed by atoms with Gasteiger partial charge in [0.15, 0.2) is 0 Å². The standard InChI is InChI=1S/C7H4BrFINO/c8-4-2-6(10)5(9)1-3(4)7(11)12/h1-2H,(H2,11,12). The lowest BCUT2D eigenvalue weighted by molar-refractivity contribution is 0.0999. The largest absolute Gasteiger partial charge is 0.366 e. The number of halogens is 3. The molecule has 0 spiro atoms. The highest BCUT2D eigenvalue weighted by Crippen LogP contribution is 2.21. The van der Waals surface area contributed by atoms with Crippen LogP contribution in [0.1, 0.15) is 10.4 Å². The van der Waals surface area contributed by atoms with Crippen LogP contribution in [-0.2, 0) is 0 Å². The first-order valence-electron chi connectivity index (χ1n) is 2.96. The van der Waals surface area contributed by atoms with E-state index in [4.69, 9.17) is 5.73 Å². The highest BCUT2D eigenvalue weighted by atomic mass is 127. The Labute approximate surface area is 90.6 Å². The van der Waals surface area contributed by atoms with Crippen LogP contribution in [0, 0.1) is 9.39 Å². The molecule has 0 unspecified atom stereocenters. The van der Waals surface area contributed by atoms with E-state index in [1.807, 2.05) is 22.6 Å². The summed E-state index contributed by atoms with van der Waals surface area (Å²) in [5, 5.41) is 0. The zero-order valence-corrected chi connectivity index (χ0v) is 9.52. The van der Waals surface area contributed by atoms with Crippen molar-refractivity contribution in [1.29, 1.82) is 0 Å². The van der Waals surface area contributed by atoms with Crippen LogP contribution in [0.15, 0.2) is 16.6 Å². The number of benzene rings is 1. The van der Waals surface area contributed by atoms with Crippen LogP contribution in [0.5, 0.6) is 0 Å². The van der Waals surface area contributed by atoms with Gasteiger partial charge in [-0.15, -0.1) is 0 Å². The summed E-state index contributed by atoms with van der Waals surface area (Å²) in [5.41, 5.74) is 5.16. The van der Waals surface area contributed by atoms with Crippen molar-refractivity contribution in [3.05, 3.63) is 31.6 Å². The average Bonchev–Trinajstić information content (AvgIpc) is 1.96. The molecule has 2 N–H and O–H groups in total. The predicted molar refractivity (Wildman–Crippen MR) is 55.3 cm³/mol. The van der Waals surface area contributed by atoms with Gasteiger partial charge in [-0.05, 0) is 50.7 Å². The lowest BCUT2D eigenvalue weighted by atomic mass is 10.2. The summed E-state index contributed by atoms with van der Waals surface area (Å²) >= 11 is 4.94. The maximum absolute atomic E-state index is 12.9. The number of primary amides is 1. The van der Waals surface area contributed by atoms with Crippen molar-refractivity contribution in [3.63, 3.8) is 0 Å². The quantitative estimate of drug-likeness (QED) is 0.617. The molecule has 0 aromatic heterocycles. The first-order valence-corrected chi connectivity index (χ1v) is 4.84. The summed E-state index contributed by atoms with van der Waals surface area (Å²) in [6.45, 7) is 0. The van der Waals surface area contributed by atoms with Gasteiger partial charge in [0.05, 0.1) is 5.56 Å². The van der Waals surface area contributed by atoms with E-state index in [-0.39, 0.29) is 5.56 Å². The average molecular weight is 344 g/mol. The molecule has 0 aliphatic heterocycles. The van der Waals surface area contributed by atoms with Crippen molar-refractivity contribution in [2.75, 3.05) is 0 Å². The highest BCUT2D eigenvalue weighted by molar-refractivity contribution is 14.1. The zero-order chi connectivity index (χ0) is 9.30. The highest BCUT2D eigenvalue weighted by Gasteiger charge is 2.09. The molecule has 12 heavy (non-hydrogen) atoms. The van der Waals surface area contributed by atoms with Crippen LogP contribution < -0.4 is 5.73 Å². The number of nitrogens with two attached hydrogens (primary N) is 1. The van der Waals surface area contributed by atoms with Crippen LogP contribution in [0.25, 0.3) is 0 Å². The van der Waals surface area contributed by atoms with Crippen LogP contribution in [0.2, 0.25) is 0 Å². The van der Waals surface area contributed by atoms with Gasteiger partial charge < -0.3 is 5.73 Å². The summed E-state index contributed by atoms with van der Waals surface area (Å²) in [7, 11) is 0. The normalized spacial score (nSPS) is 9.92. The van der Waals surface area contributed by atoms with Gasteiger partial charge >= 0.3 is 0 Å².